The van der Waals surface area contributed by atoms with Crippen molar-refractivity contribution in [2.45, 2.75) is 19.3 Å². The van der Waals surface area contributed by atoms with Crippen molar-refractivity contribution in [3.8, 4) is 0 Å². The van der Waals surface area contributed by atoms with Crippen molar-refractivity contribution >= 4 is 39.9 Å². The third kappa shape index (κ3) is 3.87. The second-order valence-electron chi connectivity index (χ2n) is 7.02. The molecule has 3 aromatic carbocycles. The van der Waals surface area contributed by atoms with Crippen LogP contribution in [0.4, 0.5) is 5.69 Å². The summed E-state index contributed by atoms with van der Waals surface area (Å²) in [6.07, 6.45) is 1.64. The van der Waals surface area contributed by atoms with Gasteiger partial charge in [-0.15, -0.1) is 0 Å². The normalized spacial score (nSPS) is 13.9. The Morgan fingerprint density at radius 1 is 1.04 bits per heavy atom. The largest absolute Gasteiger partial charge is 0.324 e. The Balaban J connectivity index is 1.65. The van der Waals surface area contributed by atoms with E-state index in [9.17, 15) is 9.59 Å². The van der Waals surface area contributed by atoms with Crippen molar-refractivity contribution in [1.82, 2.24) is 4.90 Å². The molecule has 5 heteroatoms. The molecule has 0 spiro atoms. The highest BCUT2D eigenvalue weighted by molar-refractivity contribution is 6.30. The van der Waals surface area contributed by atoms with E-state index in [1.54, 1.807) is 21.9 Å². The van der Waals surface area contributed by atoms with Crippen molar-refractivity contribution in [2.75, 3.05) is 18.1 Å². The first-order chi connectivity index (χ1) is 13.6. The number of benzene rings is 3. The molecule has 1 saturated heterocycles. The fraction of sp³-hybridized carbons (Fsp3) is 0.217. The Labute approximate surface area is 169 Å². The fourth-order valence-electron chi connectivity index (χ4n) is 3.68. The number of amides is 2. The maximum absolute atomic E-state index is 13.3. The van der Waals surface area contributed by atoms with Gasteiger partial charge in [-0.05, 0) is 41.0 Å². The molecule has 0 radical (unpaired) electrons. The lowest BCUT2D eigenvalue weighted by Gasteiger charge is -2.28. The Hall–Kier alpha value is -2.85. The molecule has 0 bridgehead atoms. The molecule has 0 atom stereocenters. The zero-order chi connectivity index (χ0) is 19.5. The molecular formula is C23H21ClN2O2. The highest BCUT2D eigenvalue weighted by Gasteiger charge is 2.26. The van der Waals surface area contributed by atoms with E-state index < -0.39 is 0 Å². The first-order valence-corrected chi connectivity index (χ1v) is 9.80. The van der Waals surface area contributed by atoms with Gasteiger partial charge in [0.1, 0.15) is 6.67 Å². The van der Waals surface area contributed by atoms with E-state index in [0.717, 1.165) is 22.8 Å². The molecular weight excluding hydrogens is 372 g/mol. The number of likely N-dealkylation sites (tertiary alicyclic amines) is 1. The van der Waals surface area contributed by atoms with Gasteiger partial charge in [0.25, 0.3) is 0 Å². The van der Waals surface area contributed by atoms with Crippen LogP contribution in [0.3, 0.4) is 0 Å². The fourth-order valence-corrected chi connectivity index (χ4v) is 3.86. The molecule has 3 aromatic rings. The average molecular weight is 393 g/mol. The number of hydrogen-bond donors (Lipinski definition) is 0. The van der Waals surface area contributed by atoms with Crippen molar-refractivity contribution in [2.24, 2.45) is 0 Å². The van der Waals surface area contributed by atoms with Crippen LogP contribution in [-0.4, -0.2) is 29.9 Å². The summed E-state index contributed by atoms with van der Waals surface area (Å²) in [5.41, 5.74) is 1.68. The number of fused-ring (bicyclic) bond motifs is 1. The molecule has 1 fully saturated rings. The minimum Gasteiger partial charge on any atom is -0.324 e. The van der Waals surface area contributed by atoms with Crippen LogP contribution < -0.4 is 4.90 Å². The summed E-state index contributed by atoms with van der Waals surface area (Å²) in [5, 5.41) is 2.74. The minimum atomic E-state index is -0.0571. The van der Waals surface area contributed by atoms with Crippen molar-refractivity contribution in [3.05, 3.63) is 77.3 Å². The Morgan fingerprint density at radius 3 is 2.61 bits per heavy atom. The van der Waals surface area contributed by atoms with E-state index in [2.05, 4.69) is 0 Å². The second-order valence-corrected chi connectivity index (χ2v) is 7.46. The van der Waals surface area contributed by atoms with Gasteiger partial charge in [-0.2, -0.15) is 0 Å². The summed E-state index contributed by atoms with van der Waals surface area (Å²) in [4.78, 5) is 28.8. The maximum Gasteiger partial charge on any atom is 0.232 e. The molecule has 2 amide bonds. The molecule has 0 aromatic heterocycles. The Bertz CT molecular complexity index is 1030. The Morgan fingerprint density at radius 2 is 1.82 bits per heavy atom. The number of nitrogens with zero attached hydrogens (tertiary/aromatic N) is 2. The minimum absolute atomic E-state index is 0.0571. The van der Waals surface area contributed by atoms with Gasteiger partial charge in [0.15, 0.2) is 0 Å². The summed E-state index contributed by atoms with van der Waals surface area (Å²) in [5.74, 6) is 0.0308. The SMILES string of the molecule is O=C1CCCN1CN(C(=O)Cc1cccc2ccccc12)c1cccc(Cl)c1. The van der Waals surface area contributed by atoms with Gasteiger partial charge >= 0.3 is 0 Å². The van der Waals surface area contributed by atoms with Gasteiger partial charge in [-0.25, -0.2) is 0 Å². The lowest BCUT2D eigenvalue weighted by molar-refractivity contribution is -0.128. The summed E-state index contributed by atoms with van der Waals surface area (Å²) < 4.78 is 0. The van der Waals surface area contributed by atoms with E-state index in [1.165, 1.54) is 0 Å². The van der Waals surface area contributed by atoms with E-state index in [-0.39, 0.29) is 24.9 Å². The molecule has 142 valence electrons. The average Bonchev–Trinajstić information content (AvgIpc) is 3.11. The van der Waals surface area contributed by atoms with E-state index in [1.807, 2.05) is 54.6 Å². The highest BCUT2D eigenvalue weighted by atomic mass is 35.5. The first kappa shape index (κ1) is 18.5. The standard InChI is InChI=1S/C23H21ClN2O2/c24-19-9-4-10-20(15-19)26(16-25-13-5-12-22(25)27)23(28)14-18-8-3-7-17-6-1-2-11-21(17)18/h1-4,6-11,15H,5,12-14,16H2. The number of anilines is 1. The molecule has 4 nitrogen and oxygen atoms in total. The Kier molecular flexibility index (Phi) is 5.31. The van der Waals surface area contributed by atoms with Crippen LogP contribution in [0.2, 0.25) is 5.02 Å². The number of hydrogen-bond acceptors (Lipinski definition) is 2. The lowest BCUT2D eigenvalue weighted by atomic mass is 10.0. The zero-order valence-corrected chi connectivity index (χ0v) is 16.2. The van der Waals surface area contributed by atoms with Crippen LogP contribution in [0.5, 0.6) is 0 Å². The van der Waals surface area contributed by atoms with Crippen LogP contribution in [0.15, 0.2) is 66.7 Å². The van der Waals surface area contributed by atoms with Crippen molar-refractivity contribution in [3.63, 3.8) is 0 Å². The first-order valence-electron chi connectivity index (χ1n) is 9.42. The summed E-state index contributed by atoms with van der Waals surface area (Å²) >= 11 is 6.16. The topological polar surface area (TPSA) is 40.6 Å². The van der Waals surface area contributed by atoms with Crippen LogP contribution in [0.25, 0.3) is 10.8 Å². The van der Waals surface area contributed by atoms with Gasteiger partial charge in [0.2, 0.25) is 11.8 Å². The third-order valence-electron chi connectivity index (χ3n) is 5.13. The number of carbonyl (C=O) groups is 2. The molecule has 0 saturated carbocycles. The molecule has 1 aliphatic heterocycles. The predicted molar refractivity (Wildman–Crippen MR) is 112 cm³/mol. The molecule has 0 aliphatic carbocycles. The monoisotopic (exact) mass is 392 g/mol. The zero-order valence-electron chi connectivity index (χ0n) is 15.5. The van der Waals surface area contributed by atoms with E-state index in [0.29, 0.717) is 23.7 Å². The summed E-state index contributed by atoms with van der Waals surface area (Å²) in [6.45, 7) is 0.931. The van der Waals surface area contributed by atoms with Crippen LogP contribution >= 0.6 is 11.6 Å². The third-order valence-corrected chi connectivity index (χ3v) is 5.36. The lowest BCUT2D eigenvalue weighted by Crippen LogP contribution is -2.43. The van der Waals surface area contributed by atoms with E-state index in [4.69, 9.17) is 11.6 Å². The maximum atomic E-state index is 13.3. The summed E-state index contributed by atoms with van der Waals surface area (Å²) in [6, 6.07) is 21.3. The van der Waals surface area contributed by atoms with Gasteiger partial charge in [-0.3, -0.25) is 14.5 Å². The van der Waals surface area contributed by atoms with Crippen molar-refractivity contribution in [1.29, 1.82) is 0 Å². The van der Waals surface area contributed by atoms with Crippen molar-refractivity contribution < 1.29 is 9.59 Å². The molecule has 4 rings (SSSR count). The molecule has 1 aliphatic rings. The quantitative estimate of drug-likeness (QED) is 0.634. The highest BCUT2D eigenvalue weighted by Crippen LogP contribution is 2.24. The number of carbonyl (C=O) groups excluding carboxylic acids is 2. The molecule has 1 heterocycles. The molecule has 0 N–H and O–H groups in total. The summed E-state index contributed by atoms with van der Waals surface area (Å²) in [7, 11) is 0. The predicted octanol–water partition coefficient (Wildman–Crippen LogP) is 4.65. The molecule has 28 heavy (non-hydrogen) atoms. The van der Waals surface area contributed by atoms with Crippen LogP contribution in [-0.2, 0) is 16.0 Å². The number of rotatable bonds is 5. The second kappa shape index (κ2) is 8.03. The number of halogens is 1. The van der Waals surface area contributed by atoms with Gasteiger partial charge in [0.05, 0.1) is 6.42 Å². The van der Waals surface area contributed by atoms with Gasteiger partial charge in [0, 0.05) is 23.7 Å². The van der Waals surface area contributed by atoms with E-state index >= 15 is 0 Å². The molecule has 0 unspecified atom stereocenters. The van der Waals surface area contributed by atoms with Gasteiger partial charge in [-0.1, -0.05) is 60.1 Å². The van der Waals surface area contributed by atoms with Gasteiger partial charge < -0.3 is 4.90 Å². The smallest absolute Gasteiger partial charge is 0.232 e. The van der Waals surface area contributed by atoms with Crippen LogP contribution in [0.1, 0.15) is 18.4 Å². The van der Waals surface area contributed by atoms with Crippen LogP contribution in [0, 0.1) is 0 Å².